The number of carbonyl (C=O) groups excluding carboxylic acids is 2. The number of amides is 2. The highest BCUT2D eigenvalue weighted by Gasteiger charge is 2.17. The molecule has 0 aliphatic carbocycles. The monoisotopic (exact) mass is 476 g/mol. The molecule has 0 radical (unpaired) electrons. The van der Waals surface area contributed by atoms with E-state index in [2.05, 4.69) is 25.6 Å². The molecule has 3 rings (SSSR count). The molecule has 0 atom stereocenters. The Morgan fingerprint density at radius 3 is 2.43 bits per heavy atom. The number of aromatic nitrogens is 3. The lowest BCUT2D eigenvalue weighted by Crippen LogP contribution is -2.40. The number of rotatable bonds is 9. The van der Waals surface area contributed by atoms with Gasteiger partial charge in [-0.3, -0.25) is 9.78 Å². The number of alkyl carbamates (subject to hydrolysis) is 1. The largest absolute Gasteiger partial charge is 0.444 e. The molecule has 2 N–H and O–H groups in total. The van der Waals surface area contributed by atoms with Gasteiger partial charge in [-0.2, -0.15) is 0 Å². The number of pyridine rings is 1. The van der Waals surface area contributed by atoms with Crippen molar-refractivity contribution < 1.29 is 14.3 Å². The normalized spacial score (nSPS) is 11.0. The van der Waals surface area contributed by atoms with Gasteiger partial charge in [-0.15, -0.1) is 0 Å². The zero-order valence-corrected chi connectivity index (χ0v) is 20.6. The average Bonchev–Trinajstić information content (AvgIpc) is 2.83. The van der Waals surface area contributed by atoms with Gasteiger partial charge in [-0.25, -0.2) is 14.8 Å². The lowest BCUT2D eigenvalue weighted by Gasteiger charge is -2.21. The molecule has 0 saturated carbocycles. The van der Waals surface area contributed by atoms with Crippen LogP contribution < -0.4 is 10.6 Å². The summed E-state index contributed by atoms with van der Waals surface area (Å²) in [6.07, 6.45) is 7.38. The standard InChI is InChI=1S/C26H32N6O3/c1-26(2,3)35-25(34)31-17-23(33)32(4)18-20-7-5-9-21(13-20)22-15-29-24(30-16-22)28-12-10-19-8-6-11-27-14-19/h5-9,11,13-16H,10,12,17-18H2,1-4H3,(H,31,34)(H,28,29,30). The molecule has 3 aromatic rings. The molecule has 0 saturated heterocycles. The average molecular weight is 477 g/mol. The number of nitrogens with zero attached hydrogens (tertiary/aromatic N) is 4. The Kier molecular flexibility index (Phi) is 8.72. The Bertz CT molecular complexity index is 1110. The highest BCUT2D eigenvalue weighted by Crippen LogP contribution is 2.20. The second-order valence-electron chi connectivity index (χ2n) is 9.14. The molecule has 2 amide bonds. The number of anilines is 1. The van der Waals surface area contributed by atoms with Gasteiger partial charge < -0.3 is 20.3 Å². The van der Waals surface area contributed by atoms with Gasteiger partial charge in [0.05, 0.1) is 0 Å². The molecular weight excluding hydrogens is 444 g/mol. The quantitative estimate of drug-likeness (QED) is 0.485. The van der Waals surface area contributed by atoms with Gasteiger partial charge in [0, 0.05) is 50.5 Å². The summed E-state index contributed by atoms with van der Waals surface area (Å²) in [5.74, 6) is 0.350. The zero-order valence-electron chi connectivity index (χ0n) is 20.6. The van der Waals surface area contributed by atoms with E-state index in [0.29, 0.717) is 19.0 Å². The van der Waals surface area contributed by atoms with Crippen LogP contribution in [0.3, 0.4) is 0 Å². The molecule has 0 unspecified atom stereocenters. The Morgan fingerprint density at radius 1 is 1.00 bits per heavy atom. The molecule has 0 aliphatic rings. The van der Waals surface area contributed by atoms with Crippen LogP contribution >= 0.6 is 0 Å². The van der Waals surface area contributed by atoms with E-state index < -0.39 is 11.7 Å². The Balaban J connectivity index is 1.51. The third-order valence-electron chi connectivity index (χ3n) is 4.96. The number of likely N-dealkylation sites (N-methyl/N-ethyl adjacent to an activating group) is 1. The van der Waals surface area contributed by atoms with Crippen molar-refractivity contribution in [2.75, 3.05) is 25.5 Å². The van der Waals surface area contributed by atoms with Crippen LogP contribution in [0.2, 0.25) is 0 Å². The first-order chi connectivity index (χ1) is 16.7. The summed E-state index contributed by atoms with van der Waals surface area (Å²) in [6.45, 7) is 6.29. The minimum atomic E-state index is -0.615. The van der Waals surface area contributed by atoms with Gasteiger partial charge in [0.25, 0.3) is 0 Å². The first-order valence-corrected chi connectivity index (χ1v) is 11.4. The Hall–Kier alpha value is -4.01. The fourth-order valence-electron chi connectivity index (χ4n) is 3.24. The summed E-state index contributed by atoms with van der Waals surface area (Å²) < 4.78 is 5.16. The number of hydrogen-bond donors (Lipinski definition) is 2. The molecule has 0 fully saturated rings. The SMILES string of the molecule is CN(Cc1cccc(-c2cnc(NCCc3cccnc3)nc2)c1)C(=O)CNC(=O)OC(C)(C)C. The number of ether oxygens (including phenoxy) is 1. The van der Waals surface area contributed by atoms with Crippen molar-refractivity contribution in [1.82, 2.24) is 25.2 Å². The third kappa shape index (κ3) is 8.69. The summed E-state index contributed by atoms with van der Waals surface area (Å²) in [5, 5.41) is 5.71. The molecule has 2 aromatic heterocycles. The van der Waals surface area contributed by atoms with Crippen molar-refractivity contribution in [3.05, 3.63) is 72.3 Å². The van der Waals surface area contributed by atoms with E-state index in [9.17, 15) is 9.59 Å². The topological polar surface area (TPSA) is 109 Å². The Labute approximate surface area is 206 Å². The van der Waals surface area contributed by atoms with Gasteiger partial charge >= 0.3 is 6.09 Å². The molecule has 9 heteroatoms. The van der Waals surface area contributed by atoms with Gasteiger partial charge in [-0.05, 0) is 56.0 Å². The van der Waals surface area contributed by atoms with E-state index in [1.54, 1.807) is 51.3 Å². The van der Waals surface area contributed by atoms with Crippen LogP contribution in [0, 0.1) is 0 Å². The predicted octanol–water partition coefficient (Wildman–Crippen LogP) is 3.68. The molecule has 2 heterocycles. The number of benzene rings is 1. The highest BCUT2D eigenvalue weighted by molar-refractivity contribution is 5.82. The van der Waals surface area contributed by atoms with Crippen LogP contribution in [0.1, 0.15) is 31.9 Å². The second-order valence-corrected chi connectivity index (χ2v) is 9.14. The molecule has 0 aliphatic heterocycles. The highest BCUT2D eigenvalue weighted by atomic mass is 16.6. The molecule has 0 spiro atoms. The lowest BCUT2D eigenvalue weighted by molar-refractivity contribution is -0.129. The maximum atomic E-state index is 12.4. The van der Waals surface area contributed by atoms with Crippen molar-refractivity contribution in [3.8, 4) is 11.1 Å². The first-order valence-electron chi connectivity index (χ1n) is 11.4. The van der Waals surface area contributed by atoms with Crippen molar-refractivity contribution in [2.24, 2.45) is 0 Å². The fourth-order valence-corrected chi connectivity index (χ4v) is 3.24. The lowest BCUT2D eigenvalue weighted by atomic mass is 10.1. The first kappa shape index (κ1) is 25.6. The summed E-state index contributed by atoms with van der Waals surface area (Å²) in [5.41, 5.74) is 3.33. The van der Waals surface area contributed by atoms with Crippen LogP contribution in [-0.2, 0) is 22.5 Å². The third-order valence-corrected chi connectivity index (χ3v) is 4.96. The number of hydrogen-bond acceptors (Lipinski definition) is 7. The van der Waals surface area contributed by atoms with Crippen LogP contribution in [-0.4, -0.2) is 57.6 Å². The molecule has 9 nitrogen and oxygen atoms in total. The van der Waals surface area contributed by atoms with Crippen LogP contribution in [0.25, 0.3) is 11.1 Å². The maximum absolute atomic E-state index is 12.4. The van der Waals surface area contributed by atoms with Crippen LogP contribution in [0.15, 0.2) is 61.2 Å². The van der Waals surface area contributed by atoms with Gasteiger partial charge in [0.15, 0.2) is 0 Å². The maximum Gasteiger partial charge on any atom is 0.408 e. The van der Waals surface area contributed by atoms with Gasteiger partial charge in [0.1, 0.15) is 12.1 Å². The van der Waals surface area contributed by atoms with Gasteiger partial charge in [-0.1, -0.05) is 24.3 Å². The summed E-state index contributed by atoms with van der Waals surface area (Å²) in [4.78, 5) is 38.7. The van der Waals surface area contributed by atoms with Crippen molar-refractivity contribution in [3.63, 3.8) is 0 Å². The van der Waals surface area contributed by atoms with Crippen LogP contribution in [0.5, 0.6) is 0 Å². The predicted molar refractivity (Wildman–Crippen MR) is 135 cm³/mol. The molecule has 35 heavy (non-hydrogen) atoms. The minimum absolute atomic E-state index is 0.131. The van der Waals surface area contributed by atoms with E-state index in [-0.39, 0.29) is 12.5 Å². The summed E-state index contributed by atoms with van der Waals surface area (Å²) in [7, 11) is 1.70. The van der Waals surface area contributed by atoms with Crippen molar-refractivity contribution in [2.45, 2.75) is 39.3 Å². The summed E-state index contributed by atoms with van der Waals surface area (Å²) in [6, 6.07) is 11.8. The Morgan fingerprint density at radius 2 is 1.74 bits per heavy atom. The van der Waals surface area contributed by atoms with Crippen LogP contribution in [0.4, 0.5) is 10.7 Å². The van der Waals surface area contributed by atoms with E-state index in [1.807, 2.05) is 42.6 Å². The van der Waals surface area contributed by atoms with Crippen molar-refractivity contribution >= 4 is 17.9 Å². The molecule has 0 bridgehead atoms. The van der Waals surface area contributed by atoms with E-state index in [0.717, 1.165) is 28.7 Å². The van der Waals surface area contributed by atoms with Gasteiger partial charge in [0.2, 0.25) is 11.9 Å². The minimum Gasteiger partial charge on any atom is -0.444 e. The smallest absolute Gasteiger partial charge is 0.408 e. The number of nitrogens with one attached hydrogen (secondary N) is 2. The molecular formula is C26H32N6O3. The number of carbonyl (C=O) groups is 2. The molecule has 1 aromatic carbocycles. The van der Waals surface area contributed by atoms with E-state index >= 15 is 0 Å². The van der Waals surface area contributed by atoms with Crippen molar-refractivity contribution in [1.29, 1.82) is 0 Å². The second kappa shape index (κ2) is 11.9. The fraction of sp³-hybridized carbons (Fsp3) is 0.346. The van der Waals surface area contributed by atoms with E-state index in [1.165, 1.54) is 0 Å². The summed E-state index contributed by atoms with van der Waals surface area (Å²) >= 11 is 0. The molecule has 184 valence electrons. The van der Waals surface area contributed by atoms with E-state index in [4.69, 9.17) is 4.74 Å². The zero-order chi connectivity index (χ0) is 25.3.